The van der Waals surface area contributed by atoms with Crippen LogP contribution >= 0.6 is 0 Å². The van der Waals surface area contributed by atoms with Crippen LogP contribution in [0, 0.1) is 20.2 Å². The van der Waals surface area contributed by atoms with E-state index in [1.807, 2.05) is 0 Å². The van der Waals surface area contributed by atoms with Gasteiger partial charge in [0.2, 0.25) is 0 Å². The molecule has 10 heteroatoms. The van der Waals surface area contributed by atoms with Gasteiger partial charge in [-0.2, -0.15) is 0 Å². The zero-order valence-corrected chi connectivity index (χ0v) is 13.2. The van der Waals surface area contributed by atoms with Crippen LogP contribution in [-0.4, -0.2) is 45.8 Å². The lowest BCUT2D eigenvalue weighted by molar-refractivity contribution is -0.543. The van der Waals surface area contributed by atoms with E-state index in [4.69, 9.17) is 0 Å². The van der Waals surface area contributed by atoms with Crippen molar-refractivity contribution in [1.29, 1.82) is 0 Å². The molecule has 0 rings (SSSR count). The second-order valence-electron chi connectivity index (χ2n) is 5.85. The van der Waals surface area contributed by atoms with Gasteiger partial charge in [-0.1, -0.05) is 0 Å². The predicted octanol–water partition coefficient (Wildman–Crippen LogP) is 0.110. The topological polar surface area (TPSA) is 144 Å². The third-order valence-corrected chi connectivity index (χ3v) is 3.20. The number of nitrogens with one attached hydrogen (secondary N) is 2. The maximum absolute atomic E-state index is 11.6. The van der Waals surface area contributed by atoms with Gasteiger partial charge >= 0.3 is 0 Å². The normalized spacial score (nSPS) is 11.6. The Morgan fingerprint density at radius 2 is 1.09 bits per heavy atom. The molecule has 0 aromatic heterocycles. The fraction of sp³-hybridized carbons (Fsp3) is 0.833. The minimum atomic E-state index is -1.69. The van der Waals surface area contributed by atoms with Crippen molar-refractivity contribution in [3.8, 4) is 0 Å². The van der Waals surface area contributed by atoms with Crippen molar-refractivity contribution in [2.75, 3.05) is 13.1 Å². The van der Waals surface area contributed by atoms with Crippen LogP contribution in [0.5, 0.6) is 0 Å². The first-order valence-corrected chi connectivity index (χ1v) is 6.79. The largest absolute Gasteiger partial charge is 0.350 e. The van der Waals surface area contributed by atoms with E-state index < -0.39 is 32.7 Å². The van der Waals surface area contributed by atoms with Crippen LogP contribution in [0.4, 0.5) is 0 Å². The third kappa shape index (κ3) is 5.26. The monoisotopic (exact) mass is 318 g/mol. The number of unbranched alkanes of at least 4 members (excludes halogenated alkanes) is 1. The highest BCUT2D eigenvalue weighted by Gasteiger charge is 2.40. The van der Waals surface area contributed by atoms with Crippen molar-refractivity contribution in [3.63, 3.8) is 0 Å². The standard InChI is InChI=1S/C12H22N4O6/c1-11(2,15(19)20)9(17)13-7-5-6-8-14-10(18)12(3,4)16(21)22/h5-8H2,1-4H3,(H,13,17)(H,14,18). The number of carbonyl (C=O) groups is 2. The number of nitrogens with zero attached hydrogens (tertiary/aromatic N) is 2. The van der Waals surface area contributed by atoms with E-state index in [2.05, 4.69) is 10.6 Å². The van der Waals surface area contributed by atoms with Crippen molar-refractivity contribution in [2.45, 2.75) is 51.6 Å². The smallest absolute Gasteiger partial charge is 0.297 e. The molecule has 2 N–H and O–H groups in total. The molecule has 0 heterocycles. The minimum Gasteiger partial charge on any atom is -0.350 e. The summed E-state index contributed by atoms with van der Waals surface area (Å²) in [6, 6.07) is 0. The van der Waals surface area contributed by atoms with Crippen molar-refractivity contribution < 1.29 is 19.4 Å². The average molecular weight is 318 g/mol. The molecule has 0 aliphatic carbocycles. The number of nitro groups is 2. The van der Waals surface area contributed by atoms with E-state index in [0.717, 1.165) is 0 Å². The van der Waals surface area contributed by atoms with Crippen LogP contribution in [0.3, 0.4) is 0 Å². The summed E-state index contributed by atoms with van der Waals surface area (Å²) in [7, 11) is 0. The molecule has 0 atom stereocenters. The molecule has 126 valence electrons. The van der Waals surface area contributed by atoms with E-state index in [1.54, 1.807) is 0 Å². The number of hydrogen-bond donors (Lipinski definition) is 2. The number of rotatable bonds is 9. The van der Waals surface area contributed by atoms with Crippen LogP contribution in [0.15, 0.2) is 0 Å². The summed E-state index contributed by atoms with van der Waals surface area (Å²) in [5.74, 6) is -1.37. The van der Waals surface area contributed by atoms with Crippen molar-refractivity contribution in [3.05, 3.63) is 20.2 Å². The highest BCUT2D eigenvalue weighted by molar-refractivity contribution is 5.84. The molecule has 2 amide bonds. The zero-order valence-electron chi connectivity index (χ0n) is 13.2. The van der Waals surface area contributed by atoms with Gasteiger partial charge in [0.15, 0.2) is 0 Å². The van der Waals surface area contributed by atoms with E-state index in [-0.39, 0.29) is 13.1 Å². The molecule has 10 nitrogen and oxygen atoms in total. The second kappa shape index (κ2) is 7.66. The summed E-state index contributed by atoms with van der Waals surface area (Å²) in [6.07, 6.45) is 0.970. The molecular weight excluding hydrogens is 296 g/mol. The second-order valence-corrected chi connectivity index (χ2v) is 5.85. The fourth-order valence-corrected chi connectivity index (χ4v) is 1.25. The Balaban J connectivity index is 3.98. The van der Waals surface area contributed by atoms with Crippen LogP contribution in [0.25, 0.3) is 0 Å². The Labute approximate surface area is 127 Å². The molecule has 0 aromatic rings. The van der Waals surface area contributed by atoms with Crippen LogP contribution in [0.2, 0.25) is 0 Å². The van der Waals surface area contributed by atoms with E-state index in [9.17, 15) is 29.8 Å². The summed E-state index contributed by atoms with van der Waals surface area (Å²) in [4.78, 5) is 43.1. The highest BCUT2D eigenvalue weighted by atomic mass is 16.6. The minimum absolute atomic E-state index is 0.227. The Bertz CT molecular complexity index is 419. The van der Waals surface area contributed by atoms with Gasteiger partial charge in [0.05, 0.1) is 0 Å². The molecule has 0 saturated heterocycles. The van der Waals surface area contributed by atoms with Gasteiger partial charge in [-0.05, 0) is 12.8 Å². The van der Waals surface area contributed by atoms with Gasteiger partial charge in [-0.3, -0.25) is 29.8 Å². The van der Waals surface area contributed by atoms with Gasteiger partial charge in [-0.25, -0.2) is 0 Å². The molecule has 0 fully saturated rings. The lowest BCUT2D eigenvalue weighted by Crippen LogP contribution is -2.48. The lowest BCUT2D eigenvalue weighted by atomic mass is 10.1. The quantitative estimate of drug-likeness (QED) is 0.350. The van der Waals surface area contributed by atoms with Gasteiger partial charge in [0, 0.05) is 50.6 Å². The Morgan fingerprint density at radius 3 is 1.32 bits per heavy atom. The molecule has 0 radical (unpaired) electrons. The number of amides is 2. The Kier molecular flexibility index (Phi) is 6.88. The Hall–Kier alpha value is -2.26. The molecule has 0 saturated carbocycles. The first-order chi connectivity index (χ1) is 9.94. The average Bonchev–Trinajstić information content (AvgIpc) is 2.41. The van der Waals surface area contributed by atoms with Crippen LogP contribution < -0.4 is 10.6 Å². The zero-order chi connectivity index (χ0) is 17.6. The predicted molar refractivity (Wildman–Crippen MR) is 77.4 cm³/mol. The van der Waals surface area contributed by atoms with Crippen molar-refractivity contribution >= 4 is 11.8 Å². The molecule has 22 heavy (non-hydrogen) atoms. The summed E-state index contributed by atoms with van der Waals surface area (Å²) < 4.78 is 0. The third-order valence-electron chi connectivity index (χ3n) is 3.20. The maximum Gasteiger partial charge on any atom is 0.297 e. The molecular formula is C12H22N4O6. The fourth-order valence-electron chi connectivity index (χ4n) is 1.25. The van der Waals surface area contributed by atoms with E-state index >= 15 is 0 Å². The van der Waals surface area contributed by atoms with Gasteiger partial charge in [0.25, 0.3) is 22.9 Å². The van der Waals surface area contributed by atoms with Crippen LogP contribution in [-0.2, 0) is 9.59 Å². The molecule has 0 unspecified atom stereocenters. The van der Waals surface area contributed by atoms with Gasteiger partial charge < -0.3 is 10.6 Å². The molecule has 0 aliphatic rings. The molecule has 0 aromatic carbocycles. The molecule has 0 aliphatic heterocycles. The maximum atomic E-state index is 11.6. The first kappa shape index (κ1) is 19.7. The first-order valence-electron chi connectivity index (χ1n) is 6.79. The summed E-state index contributed by atoms with van der Waals surface area (Å²) >= 11 is 0. The SMILES string of the molecule is CC(C)(C(=O)NCCCCNC(=O)C(C)(C)[N+](=O)[O-])[N+](=O)[O-]. The summed E-state index contributed by atoms with van der Waals surface area (Å²) in [6.45, 7) is 5.30. The van der Waals surface area contributed by atoms with Crippen LogP contribution in [0.1, 0.15) is 40.5 Å². The van der Waals surface area contributed by atoms with E-state index in [0.29, 0.717) is 12.8 Å². The number of carbonyl (C=O) groups excluding carboxylic acids is 2. The van der Waals surface area contributed by atoms with Crippen molar-refractivity contribution in [1.82, 2.24) is 10.6 Å². The van der Waals surface area contributed by atoms with E-state index in [1.165, 1.54) is 27.7 Å². The van der Waals surface area contributed by atoms with Gasteiger partial charge in [-0.15, -0.1) is 0 Å². The molecule has 0 bridgehead atoms. The molecule has 0 spiro atoms. The summed E-state index contributed by atoms with van der Waals surface area (Å²) in [5, 5.41) is 26.2. The highest BCUT2D eigenvalue weighted by Crippen LogP contribution is 2.08. The lowest BCUT2D eigenvalue weighted by Gasteiger charge is -2.16. The number of hydrogen-bond acceptors (Lipinski definition) is 6. The summed E-state index contributed by atoms with van der Waals surface area (Å²) in [5.41, 5.74) is -3.38. The van der Waals surface area contributed by atoms with Gasteiger partial charge in [0.1, 0.15) is 0 Å². The Morgan fingerprint density at radius 1 is 0.818 bits per heavy atom. The van der Waals surface area contributed by atoms with Crippen molar-refractivity contribution in [2.24, 2.45) is 0 Å².